The van der Waals surface area contributed by atoms with Gasteiger partial charge in [0, 0.05) is 11.8 Å². The molecular weight excluding hydrogens is 483 g/mol. The molecule has 0 atom stereocenters. The van der Waals surface area contributed by atoms with Crippen LogP contribution in [-0.4, -0.2) is 44.7 Å². The van der Waals surface area contributed by atoms with Gasteiger partial charge in [-0.25, -0.2) is 17.6 Å². The molecule has 1 N–H and O–H groups in total. The van der Waals surface area contributed by atoms with E-state index in [9.17, 15) is 17.6 Å². The highest BCUT2D eigenvalue weighted by atomic mass is 32.2. The molecule has 0 aliphatic rings. The highest BCUT2D eigenvalue weighted by Crippen LogP contribution is 2.26. The van der Waals surface area contributed by atoms with Crippen LogP contribution in [0, 0.1) is 24.6 Å². The van der Waals surface area contributed by atoms with Gasteiger partial charge in [-0.1, -0.05) is 36.1 Å². The lowest BCUT2D eigenvalue weighted by Gasteiger charge is -2.12. The number of benzene rings is 3. The Bertz CT molecular complexity index is 1410. The lowest BCUT2D eigenvalue weighted by molar-refractivity contribution is -0.139. The second kappa shape index (κ2) is 12.0. The molecule has 0 unspecified atom stereocenters. The van der Waals surface area contributed by atoms with E-state index < -0.39 is 22.4 Å². The molecule has 3 aromatic rings. The van der Waals surface area contributed by atoms with Crippen LogP contribution in [0.4, 0.5) is 4.39 Å². The standard InChI is InChI=1S/C28H25FO6S/c1-20-18-25(13-14-27(20)35-19-28(30)31)34-16-15-26(23-9-11-24(29)12-10-23)22-7-5-21(6-8-22)4-3-17-36(2,32)33/h5-15,18H,16-17,19H2,1-2H3,(H,30,31)/b26-15+. The number of aliphatic carboxylic acids is 1. The van der Waals surface area contributed by atoms with Gasteiger partial charge < -0.3 is 14.6 Å². The van der Waals surface area contributed by atoms with Gasteiger partial charge in [0.1, 0.15) is 29.7 Å². The van der Waals surface area contributed by atoms with Crippen LogP contribution in [0.3, 0.4) is 0 Å². The van der Waals surface area contributed by atoms with Gasteiger partial charge in [-0.05, 0) is 77.7 Å². The van der Waals surface area contributed by atoms with E-state index in [0.717, 1.165) is 28.5 Å². The largest absolute Gasteiger partial charge is 0.489 e. The summed E-state index contributed by atoms with van der Waals surface area (Å²) in [7, 11) is -3.16. The van der Waals surface area contributed by atoms with Crippen LogP contribution in [0.5, 0.6) is 11.5 Å². The third-order valence-corrected chi connectivity index (χ3v) is 5.62. The number of ether oxygens (including phenoxy) is 2. The predicted octanol–water partition coefficient (Wildman–Crippen LogP) is 4.50. The topological polar surface area (TPSA) is 89.9 Å². The Hall–Kier alpha value is -4.09. The molecule has 0 heterocycles. The van der Waals surface area contributed by atoms with Gasteiger partial charge in [0.2, 0.25) is 0 Å². The molecule has 0 fully saturated rings. The van der Waals surface area contributed by atoms with Crippen molar-refractivity contribution in [1.29, 1.82) is 0 Å². The number of halogens is 1. The fourth-order valence-corrected chi connectivity index (χ4v) is 3.60. The summed E-state index contributed by atoms with van der Waals surface area (Å²) in [4.78, 5) is 10.7. The average Bonchev–Trinajstić information content (AvgIpc) is 2.82. The molecule has 186 valence electrons. The minimum Gasteiger partial charge on any atom is -0.489 e. The molecule has 0 bridgehead atoms. The summed E-state index contributed by atoms with van der Waals surface area (Å²) in [5, 5.41) is 8.77. The number of sulfone groups is 1. The molecule has 0 aliphatic carbocycles. The smallest absolute Gasteiger partial charge is 0.341 e. The van der Waals surface area contributed by atoms with Crippen LogP contribution in [0.15, 0.2) is 72.8 Å². The Morgan fingerprint density at radius 1 is 1.00 bits per heavy atom. The Labute approximate surface area is 209 Å². The second-order valence-corrected chi connectivity index (χ2v) is 10.1. The first-order valence-electron chi connectivity index (χ1n) is 10.9. The van der Waals surface area contributed by atoms with Crippen LogP contribution < -0.4 is 9.47 Å². The molecular formula is C28H25FO6S. The zero-order valence-corrected chi connectivity index (χ0v) is 20.6. The maximum absolute atomic E-state index is 13.5. The summed E-state index contributed by atoms with van der Waals surface area (Å²) in [6.45, 7) is 1.59. The van der Waals surface area contributed by atoms with E-state index in [1.807, 2.05) is 18.2 Å². The van der Waals surface area contributed by atoms with Gasteiger partial charge in [0.25, 0.3) is 0 Å². The molecule has 3 aromatic carbocycles. The Balaban J connectivity index is 1.79. The van der Waals surface area contributed by atoms with E-state index >= 15 is 0 Å². The molecule has 3 rings (SSSR count). The van der Waals surface area contributed by atoms with E-state index in [1.54, 1.807) is 49.4 Å². The van der Waals surface area contributed by atoms with Crippen LogP contribution >= 0.6 is 0 Å². The van der Waals surface area contributed by atoms with Crippen molar-refractivity contribution >= 4 is 21.4 Å². The quantitative estimate of drug-likeness (QED) is 0.428. The first-order chi connectivity index (χ1) is 17.1. The fourth-order valence-electron chi connectivity index (χ4n) is 3.27. The van der Waals surface area contributed by atoms with Crippen molar-refractivity contribution in [2.45, 2.75) is 6.92 Å². The van der Waals surface area contributed by atoms with Crippen molar-refractivity contribution in [1.82, 2.24) is 0 Å². The fraction of sp³-hybridized carbons (Fsp3) is 0.179. The predicted molar refractivity (Wildman–Crippen MR) is 136 cm³/mol. The third kappa shape index (κ3) is 8.29. The zero-order chi connectivity index (χ0) is 26.1. The molecule has 0 saturated carbocycles. The van der Waals surface area contributed by atoms with Crippen molar-refractivity contribution < 1.29 is 32.2 Å². The van der Waals surface area contributed by atoms with Crippen molar-refractivity contribution in [3.05, 3.63) is 101 Å². The summed E-state index contributed by atoms with van der Waals surface area (Å²) in [6, 6.07) is 18.5. The van der Waals surface area contributed by atoms with Crippen LogP contribution in [-0.2, 0) is 14.6 Å². The molecule has 8 heteroatoms. The lowest BCUT2D eigenvalue weighted by Crippen LogP contribution is -2.10. The highest BCUT2D eigenvalue weighted by molar-refractivity contribution is 7.90. The molecule has 0 aliphatic heterocycles. The van der Waals surface area contributed by atoms with Gasteiger partial charge in [-0.2, -0.15) is 0 Å². The zero-order valence-electron chi connectivity index (χ0n) is 19.8. The van der Waals surface area contributed by atoms with Crippen LogP contribution in [0.2, 0.25) is 0 Å². The number of carboxylic acid groups (broad SMARTS) is 1. The SMILES string of the molecule is Cc1cc(OC/C=C(/c2ccc(F)cc2)c2ccc(C#CCS(C)(=O)=O)cc2)ccc1OCC(=O)O. The molecule has 0 radical (unpaired) electrons. The maximum Gasteiger partial charge on any atom is 0.341 e. The number of rotatable bonds is 9. The highest BCUT2D eigenvalue weighted by Gasteiger charge is 2.08. The number of hydrogen-bond donors (Lipinski definition) is 1. The monoisotopic (exact) mass is 508 g/mol. The van der Waals surface area contributed by atoms with Crippen molar-refractivity contribution in [3.63, 3.8) is 0 Å². The van der Waals surface area contributed by atoms with Crippen molar-refractivity contribution in [3.8, 4) is 23.3 Å². The van der Waals surface area contributed by atoms with Gasteiger partial charge in [-0.3, -0.25) is 0 Å². The Morgan fingerprint density at radius 2 is 1.64 bits per heavy atom. The lowest BCUT2D eigenvalue weighted by atomic mass is 9.97. The minimum atomic E-state index is -3.16. The van der Waals surface area contributed by atoms with Gasteiger partial charge >= 0.3 is 5.97 Å². The minimum absolute atomic E-state index is 0.209. The van der Waals surface area contributed by atoms with E-state index in [-0.39, 0.29) is 18.2 Å². The normalized spacial score (nSPS) is 11.4. The van der Waals surface area contributed by atoms with Crippen LogP contribution in [0.1, 0.15) is 22.3 Å². The number of carbonyl (C=O) groups is 1. The molecule has 0 spiro atoms. The third-order valence-electron chi connectivity index (χ3n) is 4.95. The average molecular weight is 509 g/mol. The number of hydrogen-bond acceptors (Lipinski definition) is 5. The Morgan fingerprint density at radius 3 is 2.22 bits per heavy atom. The molecule has 6 nitrogen and oxygen atoms in total. The molecule has 0 saturated heterocycles. The van der Waals surface area contributed by atoms with Gasteiger partial charge in [0.15, 0.2) is 16.4 Å². The summed E-state index contributed by atoms with van der Waals surface area (Å²) in [5.74, 6) is 4.93. The Kier molecular flexibility index (Phi) is 8.87. The number of carboxylic acids is 1. The summed E-state index contributed by atoms with van der Waals surface area (Å²) in [6.07, 6.45) is 3.01. The van der Waals surface area contributed by atoms with E-state index in [0.29, 0.717) is 17.1 Å². The van der Waals surface area contributed by atoms with Gasteiger partial charge in [-0.15, -0.1) is 0 Å². The molecule has 0 amide bonds. The van der Waals surface area contributed by atoms with E-state index in [2.05, 4.69) is 11.8 Å². The van der Waals surface area contributed by atoms with E-state index in [4.69, 9.17) is 14.6 Å². The van der Waals surface area contributed by atoms with Crippen LogP contribution in [0.25, 0.3) is 5.57 Å². The van der Waals surface area contributed by atoms with Crippen molar-refractivity contribution in [2.24, 2.45) is 0 Å². The molecule has 0 aromatic heterocycles. The second-order valence-electron chi connectivity index (χ2n) is 7.99. The summed E-state index contributed by atoms with van der Waals surface area (Å²) < 4.78 is 47.1. The first kappa shape index (κ1) is 26.5. The van der Waals surface area contributed by atoms with E-state index in [1.165, 1.54) is 12.1 Å². The maximum atomic E-state index is 13.5. The van der Waals surface area contributed by atoms with Crippen molar-refractivity contribution in [2.75, 3.05) is 25.2 Å². The van der Waals surface area contributed by atoms with Gasteiger partial charge in [0.05, 0.1) is 0 Å². The summed E-state index contributed by atoms with van der Waals surface area (Å²) in [5.41, 5.74) is 3.89. The first-order valence-corrected chi connectivity index (χ1v) is 13.0. The summed E-state index contributed by atoms with van der Waals surface area (Å²) >= 11 is 0. The number of aryl methyl sites for hydroxylation is 1. The molecule has 36 heavy (non-hydrogen) atoms.